The van der Waals surface area contributed by atoms with Crippen LogP contribution in [0.4, 0.5) is 17.3 Å². The van der Waals surface area contributed by atoms with Crippen LogP contribution in [0.5, 0.6) is 0 Å². The SMILES string of the molecule is COC(=O)c1ccccc1Nc1cc(NCc2ccccc2C)ncn1. The van der Waals surface area contributed by atoms with E-state index < -0.39 is 5.97 Å². The summed E-state index contributed by atoms with van der Waals surface area (Å²) in [6.07, 6.45) is 1.48. The molecule has 0 bridgehead atoms. The van der Waals surface area contributed by atoms with Crippen molar-refractivity contribution in [3.63, 3.8) is 0 Å². The number of benzene rings is 2. The van der Waals surface area contributed by atoms with E-state index >= 15 is 0 Å². The molecule has 0 unspecified atom stereocenters. The summed E-state index contributed by atoms with van der Waals surface area (Å²) in [6, 6.07) is 17.1. The zero-order valence-corrected chi connectivity index (χ0v) is 14.7. The number of ether oxygens (including phenoxy) is 1. The molecule has 3 rings (SSSR count). The first kappa shape index (κ1) is 17.4. The van der Waals surface area contributed by atoms with Gasteiger partial charge < -0.3 is 15.4 Å². The average molecular weight is 348 g/mol. The third-order valence-electron chi connectivity index (χ3n) is 3.98. The maximum absolute atomic E-state index is 11.9. The van der Waals surface area contributed by atoms with E-state index in [0.717, 1.165) is 0 Å². The Bertz CT molecular complexity index is 912. The molecule has 6 heteroatoms. The highest BCUT2D eigenvalue weighted by Crippen LogP contribution is 2.21. The molecule has 0 aliphatic heterocycles. The van der Waals surface area contributed by atoms with Crippen molar-refractivity contribution in [2.24, 2.45) is 0 Å². The highest BCUT2D eigenvalue weighted by Gasteiger charge is 2.11. The normalized spacial score (nSPS) is 10.2. The summed E-state index contributed by atoms with van der Waals surface area (Å²) in [7, 11) is 1.36. The van der Waals surface area contributed by atoms with Crippen LogP contribution in [0.25, 0.3) is 0 Å². The molecular weight excluding hydrogens is 328 g/mol. The summed E-state index contributed by atoms with van der Waals surface area (Å²) in [5.74, 6) is 0.880. The predicted molar refractivity (Wildman–Crippen MR) is 102 cm³/mol. The number of methoxy groups -OCH3 is 1. The first-order valence-electron chi connectivity index (χ1n) is 8.22. The van der Waals surface area contributed by atoms with Crippen molar-refractivity contribution in [1.29, 1.82) is 0 Å². The molecule has 0 saturated carbocycles. The standard InChI is InChI=1S/C20H20N4O2/c1-14-7-3-4-8-15(14)12-21-18-11-19(23-13-22-18)24-17-10-6-5-9-16(17)20(25)26-2/h3-11,13H,12H2,1-2H3,(H2,21,22,23,24). The number of anilines is 3. The van der Waals surface area contributed by atoms with Crippen LogP contribution in [0.15, 0.2) is 60.9 Å². The topological polar surface area (TPSA) is 76.1 Å². The van der Waals surface area contributed by atoms with E-state index in [9.17, 15) is 4.79 Å². The molecule has 1 aromatic heterocycles. The van der Waals surface area contributed by atoms with Crippen molar-refractivity contribution >= 4 is 23.3 Å². The third kappa shape index (κ3) is 4.16. The zero-order chi connectivity index (χ0) is 18.4. The van der Waals surface area contributed by atoms with Crippen LogP contribution < -0.4 is 10.6 Å². The van der Waals surface area contributed by atoms with Crippen LogP contribution in [0, 0.1) is 6.92 Å². The smallest absolute Gasteiger partial charge is 0.339 e. The Kier molecular flexibility index (Phi) is 5.43. The number of hydrogen-bond donors (Lipinski definition) is 2. The molecular formula is C20H20N4O2. The van der Waals surface area contributed by atoms with E-state index in [1.54, 1.807) is 24.3 Å². The van der Waals surface area contributed by atoms with Gasteiger partial charge in [-0.1, -0.05) is 36.4 Å². The number of carbonyl (C=O) groups is 1. The molecule has 26 heavy (non-hydrogen) atoms. The molecule has 2 aromatic carbocycles. The molecule has 0 atom stereocenters. The Hall–Kier alpha value is -3.41. The number of aryl methyl sites for hydroxylation is 1. The lowest BCUT2D eigenvalue weighted by Gasteiger charge is -2.12. The van der Waals surface area contributed by atoms with Gasteiger partial charge >= 0.3 is 5.97 Å². The third-order valence-corrected chi connectivity index (χ3v) is 3.98. The first-order valence-corrected chi connectivity index (χ1v) is 8.22. The maximum atomic E-state index is 11.9. The van der Waals surface area contributed by atoms with Crippen LogP contribution >= 0.6 is 0 Å². The molecule has 2 N–H and O–H groups in total. The van der Waals surface area contributed by atoms with Crippen LogP contribution in [-0.4, -0.2) is 23.0 Å². The number of nitrogens with zero attached hydrogens (tertiary/aromatic N) is 2. The molecule has 6 nitrogen and oxygen atoms in total. The molecule has 132 valence electrons. The van der Waals surface area contributed by atoms with Gasteiger partial charge in [0.1, 0.15) is 18.0 Å². The molecule has 0 fully saturated rings. The van der Waals surface area contributed by atoms with Crippen molar-refractivity contribution in [2.75, 3.05) is 17.7 Å². The van der Waals surface area contributed by atoms with Crippen LogP contribution in [0.1, 0.15) is 21.5 Å². The molecule has 3 aromatic rings. The summed E-state index contributed by atoms with van der Waals surface area (Å²) in [5, 5.41) is 6.44. The first-order chi connectivity index (χ1) is 12.7. The second kappa shape index (κ2) is 8.11. The molecule has 0 aliphatic carbocycles. The van der Waals surface area contributed by atoms with Gasteiger partial charge in [0.2, 0.25) is 0 Å². The quantitative estimate of drug-likeness (QED) is 0.658. The number of carbonyl (C=O) groups excluding carboxylic acids is 1. The fourth-order valence-corrected chi connectivity index (χ4v) is 2.53. The van der Waals surface area contributed by atoms with E-state index in [2.05, 4.69) is 39.7 Å². The van der Waals surface area contributed by atoms with Crippen molar-refractivity contribution < 1.29 is 9.53 Å². The van der Waals surface area contributed by atoms with Gasteiger partial charge in [0.15, 0.2) is 0 Å². The fraction of sp³-hybridized carbons (Fsp3) is 0.150. The lowest BCUT2D eigenvalue weighted by atomic mass is 10.1. The van der Waals surface area contributed by atoms with E-state index in [4.69, 9.17) is 4.74 Å². The van der Waals surface area contributed by atoms with Gasteiger partial charge in [-0.15, -0.1) is 0 Å². The monoisotopic (exact) mass is 348 g/mol. The minimum absolute atomic E-state index is 0.403. The molecule has 1 heterocycles. The van der Waals surface area contributed by atoms with Gasteiger partial charge in [0, 0.05) is 12.6 Å². The van der Waals surface area contributed by atoms with E-state index in [1.807, 2.05) is 18.2 Å². The number of para-hydroxylation sites is 1. The highest BCUT2D eigenvalue weighted by atomic mass is 16.5. The Morgan fingerprint density at radius 1 is 1.04 bits per heavy atom. The largest absolute Gasteiger partial charge is 0.465 e. The Balaban J connectivity index is 1.74. The number of esters is 1. The second-order valence-corrected chi connectivity index (χ2v) is 5.73. The summed E-state index contributed by atoms with van der Waals surface area (Å²) >= 11 is 0. The number of aromatic nitrogens is 2. The van der Waals surface area contributed by atoms with Crippen LogP contribution in [0.2, 0.25) is 0 Å². The fourth-order valence-electron chi connectivity index (χ4n) is 2.53. The van der Waals surface area contributed by atoms with Crippen LogP contribution in [-0.2, 0) is 11.3 Å². The van der Waals surface area contributed by atoms with Gasteiger partial charge in [-0.3, -0.25) is 0 Å². The van der Waals surface area contributed by atoms with Gasteiger partial charge in [-0.05, 0) is 30.2 Å². The number of nitrogens with one attached hydrogen (secondary N) is 2. The average Bonchev–Trinajstić information content (AvgIpc) is 2.67. The minimum Gasteiger partial charge on any atom is -0.465 e. The Labute approximate surface area is 152 Å². The lowest BCUT2D eigenvalue weighted by Crippen LogP contribution is -2.07. The molecule has 0 saturated heterocycles. The predicted octanol–water partition coefficient (Wildman–Crippen LogP) is 3.93. The van der Waals surface area contributed by atoms with Crippen LogP contribution in [0.3, 0.4) is 0 Å². The van der Waals surface area contributed by atoms with Crippen molar-refractivity contribution in [2.45, 2.75) is 13.5 Å². The van der Waals surface area contributed by atoms with E-state index in [0.29, 0.717) is 29.4 Å². The maximum Gasteiger partial charge on any atom is 0.339 e. The second-order valence-electron chi connectivity index (χ2n) is 5.73. The van der Waals surface area contributed by atoms with Gasteiger partial charge in [-0.2, -0.15) is 0 Å². The highest BCUT2D eigenvalue weighted by molar-refractivity contribution is 5.96. The number of hydrogen-bond acceptors (Lipinski definition) is 6. The number of rotatable bonds is 6. The Morgan fingerprint density at radius 3 is 2.58 bits per heavy atom. The molecule has 0 spiro atoms. The Morgan fingerprint density at radius 2 is 1.77 bits per heavy atom. The lowest BCUT2D eigenvalue weighted by molar-refractivity contribution is 0.0602. The summed E-state index contributed by atoms with van der Waals surface area (Å²) < 4.78 is 4.81. The van der Waals surface area contributed by atoms with E-state index in [-0.39, 0.29) is 0 Å². The molecule has 0 aliphatic rings. The van der Waals surface area contributed by atoms with Crippen molar-refractivity contribution in [3.8, 4) is 0 Å². The molecule has 0 amide bonds. The molecule has 0 radical (unpaired) electrons. The summed E-state index contributed by atoms with van der Waals surface area (Å²) in [4.78, 5) is 20.3. The zero-order valence-electron chi connectivity index (χ0n) is 14.7. The van der Waals surface area contributed by atoms with Gasteiger partial charge in [-0.25, -0.2) is 14.8 Å². The van der Waals surface area contributed by atoms with Gasteiger partial charge in [0.05, 0.1) is 18.4 Å². The van der Waals surface area contributed by atoms with Crippen molar-refractivity contribution in [1.82, 2.24) is 9.97 Å². The van der Waals surface area contributed by atoms with Crippen molar-refractivity contribution in [3.05, 3.63) is 77.6 Å². The van der Waals surface area contributed by atoms with E-state index in [1.165, 1.54) is 24.6 Å². The van der Waals surface area contributed by atoms with Gasteiger partial charge in [0.25, 0.3) is 0 Å². The minimum atomic E-state index is -0.403. The summed E-state index contributed by atoms with van der Waals surface area (Å²) in [5.41, 5.74) is 3.50. The summed E-state index contributed by atoms with van der Waals surface area (Å²) in [6.45, 7) is 2.75.